The van der Waals surface area contributed by atoms with Gasteiger partial charge in [0.1, 0.15) is 17.4 Å². The Morgan fingerprint density at radius 1 is 1.40 bits per heavy atom. The van der Waals surface area contributed by atoms with Crippen LogP contribution in [0.25, 0.3) is 0 Å². The SMILES string of the molecule is Nc1c(Br)c(Cl)nc(OCc2ccccc2)c1[N+](=O)[O-]. The number of rotatable bonds is 4. The Balaban J connectivity index is 2.34. The number of nitro groups is 1. The van der Waals surface area contributed by atoms with Gasteiger partial charge in [-0.25, -0.2) is 0 Å². The smallest absolute Gasteiger partial charge is 0.354 e. The molecule has 0 bridgehead atoms. The third kappa shape index (κ3) is 3.00. The van der Waals surface area contributed by atoms with Gasteiger partial charge in [0.2, 0.25) is 0 Å². The van der Waals surface area contributed by atoms with Crippen LogP contribution in [0.2, 0.25) is 5.15 Å². The van der Waals surface area contributed by atoms with Crippen molar-refractivity contribution >= 4 is 38.9 Å². The molecule has 0 radical (unpaired) electrons. The first-order valence-corrected chi connectivity index (χ1v) is 6.63. The summed E-state index contributed by atoms with van der Waals surface area (Å²) in [6.45, 7) is 0.131. The molecule has 104 valence electrons. The molecule has 2 aromatic rings. The van der Waals surface area contributed by atoms with E-state index in [-0.39, 0.29) is 27.8 Å². The molecule has 1 aromatic carbocycles. The first-order valence-electron chi connectivity index (χ1n) is 5.46. The lowest BCUT2D eigenvalue weighted by atomic mass is 10.2. The number of aromatic nitrogens is 1. The number of hydrogen-bond acceptors (Lipinski definition) is 5. The van der Waals surface area contributed by atoms with Gasteiger partial charge in [0.25, 0.3) is 5.88 Å². The van der Waals surface area contributed by atoms with Gasteiger partial charge in [-0.2, -0.15) is 4.98 Å². The van der Waals surface area contributed by atoms with E-state index in [0.29, 0.717) is 0 Å². The van der Waals surface area contributed by atoms with Gasteiger partial charge in [-0.1, -0.05) is 41.9 Å². The van der Waals surface area contributed by atoms with E-state index >= 15 is 0 Å². The topological polar surface area (TPSA) is 91.3 Å². The lowest BCUT2D eigenvalue weighted by molar-refractivity contribution is -0.385. The second-order valence-corrected chi connectivity index (χ2v) is 4.97. The minimum absolute atomic E-state index is 0.0103. The van der Waals surface area contributed by atoms with Crippen LogP contribution in [0.15, 0.2) is 34.8 Å². The zero-order valence-electron chi connectivity index (χ0n) is 10.0. The first-order chi connectivity index (χ1) is 9.50. The molecule has 0 saturated carbocycles. The highest BCUT2D eigenvalue weighted by atomic mass is 79.9. The molecular weight excluding hydrogens is 350 g/mol. The van der Waals surface area contributed by atoms with E-state index in [2.05, 4.69) is 20.9 Å². The zero-order valence-corrected chi connectivity index (χ0v) is 12.4. The van der Waals surface area contributed by atoms with E-state index in [9.17, 15) is 10.1 Å². The second kappa shape index (κ2) is 6.06. The molecule has 0 aliphatic carbocycles. The molecular formula is C12H9BrClN3O3. The van der Waals surface area contributed by atoms with E-state index in [0.717, 1.165) is 5.56 Å². The number of nitrogen functional groups attached to an aromatic ring is 1. The monoisotopic (exact) mass is 357 g/mol. The summed E-state index contributed by atoms with van der Waals surface area (Å²) in [5.41, 5.74) is 5.99. The van der Waals surface area contributed by atoms with Crippen LogP contribution in [0.5, 0.6) is 5.88 Å². The minimum Gasteiger partial charge on any atom is -0.468 e. The fraction of sp³-hybridized carbons (Fsp3) is 0.0833. The molecule has 2 rings (SSSR count). The number of pyridine rings is 1. The van der Waals surface area contributed by atoms with Gasteiger partial charge < -0.3 is 10.5 Å². The first kappa shape index (κ1) is 14.5. The van der Waals surface area contributed by atoms with E-state index in [4.69, 9.17) is 22.1 Å². The lowest BCUT2D eigenvalue weighted by Gasteiger charge is -2.09. The third-order valence-corrected chi connectivity index (χ3v) is 3.78. The second-order valence-electron chi connectivity index (χ2n) is 3.82. The predicted octanol–water partition coefficient (Wildman–Crippen LogP) is 3.57. The van der Waals surface area contributed by atoms with Gasteiger partial charge in [0.15, 0.2) is 0 Å². The molecule has 1 heterocycles. The maximum absolute atomic E-state index is 11.1. The number of benzene rings is 1. The molecule has 2 N–H and O–H groups in total. The molecule has 0 atom stereocenters. The van der Waals surface area contributed by atoms with E-state index < -0.39 is 10.6 Å². The van der Waals surface area contributed by atoms with Gasteiger partial charge in [-0.3, -0.25) is 10.1 Å². The molecule has 0 aliphatic heterocycles. The molecule has 8 heteroatoms. The average Bonchev–Trinajstić information content (AvgIpc) is 2.43. The summed E-state index contributed by atoms with van der Waals surface area (Å²) in [5.74, 6) is -0.204. The van der Waals surface area contributed by atoms with Crippen molar-refractivity contribution in [2.24, 2.45) is 0 Å². The molecule has 0 unspecified atom stereocenters. The lowest BCUT2D eigenvalue weighted by Crippen LogP contribution is -2.05. The molecule has 0 saturated heterocycles. The van der Waals surface area contributed by atoms with Crippen LogP contribution in [0.4, 0.5) is 11.4 Å². The highest BCUT2D eigenvalue weighted by molar-refractivity contribution is 9.10. The largest absolute Gasteiger partial charge is 0.468 e. The summed E-state index contributed by atoms with van der Waals surface area (Å²) < 4.78 is 5.54. The Labute approximate surface area is 127 Å². The highest BCUT2D eigenvalue weighted by Gasteiger charge is 2.26. The van der Waals surface area contributed by atoms with Crippen LogP contribution in [0, 0.1) is 10.1 Å². The number of halogens is 2. The Morgan fingerprint density at radius 2 is 2.05 bits per heavy atom. The molecule has 6 nitrogen and oxygen atoms in total. The zero-order chi connectivity index (χ0) is 14.7. The van der Waals surface area contributed by atoms with E-state index in [1.54, 1.807) is 0 Å². The summed E-state index contributed by atoms with van der Waals surface area (Å²) in [6, 6.07) is 9.19. The van der Waals surface area contributed by atoms with Crippen LogP contribution in [-0.2, 0) is 6.61 Å². The molecule has 0 aliphatic rings. The highest BCUT2D eigenvalue weighted by Crippen LogP contribution is 2.40. The van der Waals surface area contributed by atoms with E-state index in [1.807, 2.05) is 30.3 Å². The summed E-state index contributed by atoms with van der Waals surface area (Å²) >= 11 is 8.89. The van der Waals surface area contributed by atoms with Crippen molar-refractivity contribution in [2.45, 2.75) is 6.61 Å². The summed E-state index contributed by atoms with van der Waals surface area (Å²) in [5, 5.41) is 11.1. The maximum Gasteiger partial charge on any atom is 0.354 e. The van der Waals surface area contributed by atoms with Crippen LogP contribution in [0.1, 0.15) is 5.56 Å². The van der Waals surface area contributed by atoms with Crippen molar-refractivity contribution in [3.05, 3.63) is 55.6 Å². The van der Waals surface area contributed by atoms with Crippen LogP contribution in [0.3, 0.4) is 0 Å². The normalized spacial score (nSPS) is 10.3. The fourth-order valence-corrected chi connectivity index (χ4v) is 1.98. The Hall–Kier alpha value is -1.86. The van der Waals surface area contributed by atoms with Crippen LogP contribution in [-0.4, -0.2) is 9.91 Å². The number of hydrogen-bond donors (Lipinski definition) is 1. The van der Waals surface area contributed by atoms with Crippen LogP contribution < -0.4 is 10.5 Å². The van der Waals surface area contributed by atoms with Crippen molar-refractivity contribution in [2.75, 3.05) is 5.73 Å². The van der Waals surface area contributed by atoms with Gasteiger partial charge in [-0.05, 0) is 21.5 Å². The number of ether oxygens (including phenoxy) is 1. The standard InChI is InChI=1S/C12H9BrClN3O3/c13-8-9(15)10(17(18)19)12(16-11(8)14)20-6-7-4-2-1-3-5-7/h1-5H,6H2,(H2,15,16). The maximum atomic E-state index is 11.1. The minimum atomic E-state index is -0.649. The molecule has 20 heavy (non-hydrogen) atoms. The van der Waals surface area contributed by atoms with Crippen molar-refractivity contribution in [1.29, 1.82) is 0 Å². The van der Waals surface area contributed by atoms with Gasteiger partial charge in [-0.15, -0.1) is 0 Å². The molecule has 0 spiro atoms. The average molecular weight is 359 g/mol. The number of nitrogens with two attached hydrogens (primary N) is 1. The Kier molecular flexibility index (Phi) is 4.41. The number of nitrogens with zero attached hydrogens (tertiary/aromatic N) is 2. The van der Waals surface area contributed by atoms with Gasteiger partial charge in [0, 0.05) is 0 Å². The summed E-state index contributed by atoms with van der Waals surface area (Å²) in [4.78, 5) is 14.3. The van der Waals surface area contributed by atoms with Gasteiger partial charge >= 0.3 is 5.69 Å². The van der Waals surface area contributed by atoms with Crippen molar-refractivity contribution in [3.8, 4) is 5.88 Å². The predicted molar refractivity (Wildman–Crippen MR) is 78.8 cm³/mol. The van der Waals surface area contributed by atoms with E-state index in [1.165, 1.54) is 0 Å². The summed E-state index contributed by atoms with van der Waals surface area (Å²) in [6.07, 6.45) is 0. The fourth-order valence-electron chi connectivity index (χ4n) is 1.52. The Morgan fingerprint density at radius 3 is 2.65 bits per heavy atom. The quantitative estimate of drug-likeness (QED) is 0.512. The van der Waals surface area contributed by atoms with Crippen molar-refractivity contribution in [1.82, 2.24) is 4.98 Å². The van der Waals surface area contributed by atoms with Crippen molar-refractivity contribution < 1.29 is 9.66 Å². The molecule has 0 amide bonds. The Bertz CT molecular complexity index is 652. The van der Waals surface area contributed by atoms with Crippen LogP contribution >= 0.6 is 27.5 Å². The molecule has 1 aromatic heterocycles. The third-order valence-electron chi connectivity index (χ3n) is 2.48. The summed E-state index contributed by atoms with van der Waals surface area (Å²) in [7, 11) is 0. The van der Waals surface area contributed by atoms with Crippen molar-refractivity contribution in [3.63, 3.8) is 0 Å². The molecule has 0 fully saturated rings. The number of anilines is 1. The van der Waals surface area contributed by atoms with Gasteiger partial charge in [0.05, 0.1) is 9.40 Å².